The fourth-order valence-electron chi connectivity index (χ4n) is 3.62. The summed E-state index contributed by atoms with van der Waals surface area (Å²) in [6, 6.07) is 5.87. The minimum absolute atomic E-state index is 0.0137. The van der Waals surface area contributed by atoms with Crippen LogP contribution in [0.1, 0.15) is 17.5 Å². The molecular formula is C16H23ClN4O. The van der Waals surface area contributed by atoms with Gasteiger partial charge in [0.15, 0.2) is 5.60 Å². The van der Waals surface area contributed by atoms with Gasteiger partial charge in [-0.3, -0.25) is 10.2 Å². The van der Waals surface area contributed by atoms with Crippen molar-refractivity contribution in [1.82, 2.24) is 10.2 Å². The van der Waals surface area contributed by atoms with Crippen molar-refractivity contribution in [3.63, 3.8) is 0 Å². The average molecular weight is 323 g/mol. The highest BCUT2D eigenvalue weighted by Gasteiger charge is 2.52. The van der Waals surface area contributed by atoms with Crippen LogP contribution >= 0.6 is 11.6 Å². The number of amidine groups is 1. The van der Waals surface area contributed by atoms with E-state index in [2.05, 4.69) is 15.2 Å². The number of hydrogen-bond donors (Lipinski definition) is 3. The standard InChI is InChI=1S/C16H23ClN4O/c1-9-4-5-13-11(6-9)16(22,15(18)20-13)12-7-10(17)8-19-14(12)21(2)3/h4-6,10,12,14,19,22H,7-8H2,1-3H3,(H2,18,20). The molecule has 22 heavy (non-hydrogen) atoms. The number of aliphatic imine (C=N–C) groups is 1. The average Bonchev–Trinajstić information content (AvgIpc) is 2.71. The van der Waals surface area contributed by atoms with Crippen LogP contribution in [0.15, 0.2) is 23.2 Å². The third-order valence-corrected chi connectivity index (χ3v) is 5.06. The topological polar surface area (TPSA) is 73.9 Å². The Labute approximate surface area is 136 Å². The van der Waals surface area contributed by atoms with Crippen LogP contribution in [0.5, 0.6) is 0 Å². The molecular weight excluding hydrogens is 300 g/mol. The number of nitrogens with zero attached hydrogens (tertiary/aromatic N) is 2. The molecule has 1 saturated heterocycles. The first kappa shape index (κ1) is 15.7. The Morgan fingerprint density at radius 2 is 2.18 bits per heavy atom. The molecule has 5 nitrogen and oxygen atoms in total. The molecule has 120 valence electrons. The van der Waals surface area contributed by atoms with E-state index in [1.54, 1.807) is 0 Å². The number of aliphatic hydroxyl groups is 1. The molecule has 6 heteroatoms. The minimum Gasteiger partial charge on any atom is -0.384 e. The highest BCUT2D eigenvalue weighted by atomic mass is 35.5. The van der Waals surface area contributed by atoms with Crippen molar-refractivity contribution >= 4 is 23.1 Å². The monoisotopic (exact) mass is 322 g/mol. The largest absolute Gasteiger partial charge is 0.384 e. The quantitative estimate of drug-likeness (QED) is 0.717. The lowest BCUT2D eigenvalue weighted by Crippen LogP contribution is -2.62. The summed E-state index contributed by atoms with van der Waals surface area (Å²) in [5.41, 5.74) is 7.50. The number of hydrogen-bond acceptors (Lipinski definition) is 5. The second kappa shape index (κ2) is 5.49. The molecule has 2 aliphatic rings. The second-order valence-electron chi connectivity index (χ2n) is 6.54. The van der Waals surface area contributed by atoms with Crippen molar-refractivity contribution in [2.24, 2.45) is 16.6 Å². The molecule has 0 amide bonds. The zero-order valence-corrected chi connectivity index (χ0v) is 13.9. The van der Waals surface area contributed by atoms with Gasteiger partial charge in [0.25, 0.3) is 0 Å². The predicted octanol–water partition coefficient (Wildman–Crippen LogP) is 1.29. The summed E-state index contributed by atoms with van der Waals surface area (Å²) in [5.74, 6) is 0.100. The number of benzene rings is 1. The van der Waals surface area contributed by atoms with Crippen LogP contribution < -0.4 is 11.1 Å². The van der Waals surface area contributed by atoms with Gasteiger partial charge in [-0.1, -0.05) is 17.7 Å². The summed E-state index contributed by atoms with van der Waals surface area (Å²) in [6.07, 6.45) is 0.664. The van der Waals surface area contributed by atoms with Gasteiger partial charge in [-0.05, 0) is 33.5 Å². The van der Waals surface area contributed by atoms with E-state index < -0.39 is 5.60 Å². The van der Waals surface area contributed by atoms with Crippen molar-refractivity contribution in [3.8, 4) is 0 Å². The maximum absolute atomic E-state index is 11.5. The van der Waals surface area contributed by atoms with E-state index in [0.717, 1.165) is 16.8 Å². The Kier molecular flexibility index (Phi) is 3.93. The van der Waals surface area contributed by atoms with E-state index in [0.29, 0.717) is 13.0 Å². The summed E-state index contributed by atoms with van der Waals surface area (Å²) in [5, 5.41) is 14.9. The van der Waals surface area contributed by atoms with Crippen LogP contribution in [0.2, 0.25) is 0 Å². The van der Waals surface area contributed by atoms with Crippen LogP contribution in [-0.4, -0.2) is 48.0 Å². The molecule has 2 heterocycles. The number of rotatable bonds is 2. The zero-order valence-electron chi connectivity index (χ0n) is 13.2. The van der Waals surface area contributed by atoms with Crippen LogP contribution in [0.25, 0.3) is 0 Å². The molecule has 0 spiro atoms. The summed E-state index contributed by atoms with van der Waals surface area (Å²) in [7, 11) is 3.98. The lowest BCUT2D eigenvalue weighted by atomic mass is 9.74. The molecule has 0 aliphatic carbocycles. The smallest absolute Gasteiger partial charge is 0.154 e. The number of piperidine rings is 1. The predicted molar refractivity (Wildman–Crippen MR) is 89.6 cm³/mol. The lowest BCUT2D eigenvalue weighted by molar-refractivity contribution is -0.0216. The highest BCUT2D eigenvalue weighted by molar-refractivity contribution is 6.20. The fourth-order valence-corrected chi connectivity index (χ4v) is 3.90. The molecule has 3 rings (SSSR count). The zero-order chi connectivity index (χ0) is 16.1. The molecule has 2 aliphatic heterocycles. The Morgan fingerprint density at radius 3 is 2.86 bits per heavy atom. The van der Waals surface area contributed by atoms with Gasteiger partial charge in [0.05, 0.1) is 11.9 Å². The second-order valence-corrected chi connectivity index (χ2v) is 7.16. The van der Waals surface area contributed by atoms with Crippen LogP contribution in [0, 0.1) is 12.8 Å². The Bertz CT molecular complexity index is 618. The highest BCUT2D eigenvalue weighted by Crippen LogP contribution is 2.46. The van der Waals surface area contributed by atoms with E-state index in [1.165, 1.54) is 0 Å². The van der Waals surface area contributed by atoms with Gasteiger partial charge >= 0.3 is 0 Å². The third kappa shape index (κ3) is 2.33. The fraction of sp³-hybridized carbons (Fsp3) is 0.562. The van der Waals surface area contributed by atoms with E-state index in [1.807, 2.05) is 39.2 Å². The van der Waals surface area contributed by atoms with Gasteiger partial charge in [-0.2, -0.15) is 0 Å². The molecule has 1 aromatic rings. The van der Waals surface area contributed by atoms with Gasteiger partial charge in [0.2, 0.25) is 0 Å². The summed E-state index contributed by atoms with van der Waals surface area (Å²) in [6.45, 7) is 2.72. The molecule has 4 N–H and O–H groups in total. The van der Waals surface area contributed by atoms with Gasteiger partial charge in [-0.25, -0.2) is 4.99 Å². The van der Waals surface area contributed by atoms with Gasteiger partial charge in [-0.15, -0.1) is 11.6 Å². The van der Waals surface area contributed by atoms with Crippen molar-refractivity contribution in [2.45, 2.75) is 30.5 Å². The van der Waals surface area contributed by atoms with Gasteiger partial charge in [0, 0.05) is 23.4 Å². The first-order valence-electron chi connectivity index (χ1n) is 7.56. The van der Waals surface area contributed by atoms with Gasteiger partial charge < -0.3 is 10.8 Å². The van der Waals surface area contributed by atoms with Crippen molar-refractivity contribution < 1.29 is 5.11 Å². The molecule has 0 saturated carbocycles. The van der Waals surface area contributed by atoms with Gasteiger partial charge in [0.1, 0.15) is 5.84 Å². The molecule has 1 aromatic carbocycles. The van der Waals surface area contributed by atoms with E-state index in [4.69, 9.17) is 17.3 Å². The first-order chi connectivity index (χ1) is 10.3. The van der Waals surface area contributed by atoms with Crippen LogP contribution in [0.3, 0.4) is 0 Å². The first-order valence-corrected chi connectivity index (χ1v) is 7.99. The lowest BCUT2D eigenvalue weighted by Gasteiger charge is -2.45. The van der Waals surface area contributed by atoms with E-state index >= 15 is 0 Å². The number of halogens is 1. The number of aryl methyl sites for hydroxylation is 1. The summed E-state index contributed by atoms with van der Waals surface area (Å²) >= 11 is 6.36. The number of alkyl halides is 1. The SMILES string of the molecule is Cc1ccc2c(c1)C(O)(C1CC(Cl)CNC1N(C)C)C(N)=N2. The molecule has 0 radical (unpaired) electrons. The van der Waals surface area contributed by atoms with E-state index in [9.17, 15) is 5.11 Å². The van der Waals surface area contributed by atoms with E-state index in [-0.39, 0.29) is 23.3 Å². The molecule has 4 atom stereocenters. The number of nitrogens with one attached hydrogen (secondary N) is 1. The third-order valence-electron chi connectivity index (χ3n) is 4.73. The number of nitrogens with two attached hydrogens (primary N) is 1. The van der Waals surface area contributed by atoms with Crippen LogP contribution in [-0.2, 0) is 5.60 Å². The normalized spacial score (nSPS) is 34.6. The van der Waals surface area contributed by atoms with Crippen molar-refractivity contribution in [3.05, 3.63) is 29.3 Å². The summed E-state index contributed by atoms with van der Waals surface area (Å²) in [4.78, 5) is 6.46. The molecule has 4 unspecified atom stereocenters. The van der Waals surface area contributed by atoms with Crippen molar-refractivity contribution in [2.75, 3.05) is 20.6 Å². The molecule has 0 bridgehead atoms. The maximum atomic E-state index is 11.5. The van der Waals surface area contributed by atoms with Crippen molar-refractivity contribution in [1.29, 1.82) is 0 Å². The Hall–Kier alpha value is -1.14. The molecule has 1 fully saturated rings. The summed E-state index contributed by atoms with van der Waals surface area (Å²) < 4.78 is 0. The maximum Gasteiger partial charge on any atom is 0.154 e. The minimum atomic E-state index is -1.28. The Balaban J connectivity index is 2.08. The number of fused-ring (bicyclic) bond motifs is 1. The van der Waals surface area contributed by atoms with Crippen LogP contribution in [0.4, 0.5) is 5.69 Å². The Morgan fingerprint density at radius 1 is 1.45 bits per heavy atom. The molecule has 0 aromatic heterocycles.